The van der Waals surface area contributed by atoms with Gasteiger partial charge in [-0.25, -0.2) is 0 Å². The molecule has 0 amide bonds. The lowest BCUT2D eigenvalue weighted by Gasteiger charge is -1.91. The molecule has 2 rings (SSSR count). The highest BCUT2D eigenvalue weighted by Crippen LogP contribution is 2.11. The van der Waals surface area contributed by atoms with Crippen LogP contribution in [0.2, 0.25) is 0 Å². The Balaban J connectivity index is 2.14. The van der Waals surface area contributed by atoms with Crippen LogP contribution < -0.4 is 5.32 Å². The summed E-state index contributed by atoms with van der Waals surface area (Å²) in [6.07, 6.45) is 2.44. The van der Waals surface area contributed by atoms with E-state index < -0.39 is 0 Å². The summed E-state index contributed by atoms with van der Waals surface area (Å²) in [4.78, 5) is 8.38. The fourth-order valence-corrected chi connectivity index (χ4v) is 1.19. The van der Waals surface area contributed by atoms with Crippen LogP contribution in [0.25, 0.3) is 11.5 Å². The first kappa shape index (κ1) is 9.79. The Bertz CT molecular complexity index is 412. The van der Waals surface area contributed by atoms with Gasteiger partial charge in [0.15, 0.2) is 0 Å². The molecule has 2 heterocycles. The average molecular weight is 204 g/mol. The van der Waals surface area contributed by atoms with Crippen molar-refractivity contribution in [3.8, 4) is 11.5 Å². The van der Waals surface area contributed by atoms with Gasteiger partial charge < -0.3 is 9.84 Å². The van der Waals surface area contributed by atoms with E-state index in [1.165, 1.54) is 0 Å². The highest BCUT2D eigenvalue weighted by Gasteiger charge is 2.08. The van der Waals surface area contributed by atoms with Crippen molar-refractivity contribution >= 4 is 0 Å². The first-order valence-electron chi connectivity index (χ1n) is 4.79. The van der Waals surface area contributed by atoms with Gasteiger partial charge in [0, 0.05) is 19.2 Å². The van der Waals surface area contributed by atoms with Crippen LogP contribution in [-0.4, -0.2) is 28.7 Å². The normalized spacial score (nSPS) is 10.5. The fourth-order valence-electron chi connectivity index (χ4n) is 1.19. The molecule has 78 valence electrons. The van der Waals surface area contributed by atoms with Crippen molar-refractivity contribution in [3.05, 3.63) is 30.3 Å². The van der Waals surface area contributed by atoms with Gasteiger partial charge >= 0.3 is 0 Å². The molecule has 0 spiro atoms. The van der Waals surface area contributed by atoms with Crippen LogP contribution in [0.15, 0.2) is 28.9 Å². The van der Waals surface area contributed by atoms with Gasteiger partial charge in [0.05, 0.1) is 0 Å². The third-order valence-corrected chi connectivity index (χ3v) is 1.95. The van der Waals surface area contributed by atoms with Gasteiger partial charge in [0.2, 0.25) is 11.7 Å². The molecule has 5 nitrogen and oxygen atoms in total. The lowest BCUT2D eigenvalue weighted by Crippen LogP contribution is -2.10. The molecule has 1 N–H and O–H groups in total. The summed E-state index contributed by atoms with van der Waals surface area (Å²) in [6, 6.07) is 5.60. The van der Waals surface area contributed by atoms with Crippen molar-refractivity contribution in [2.75, 3.05) is 13.6 Å². The number of nitrogens with zero attached hydrogens (tertiary/aromatic N) is 3. The third kappa shape index (κ3) is 2.38. The molecule has 5 heteroatoms. The largest absolute Gasteiger partial charge is 0.339 e. The minimum atomic E-state index is 0.543. The van der Waals surface area contributed by atoms with Gasteiger partial charge in [-0.3, -0.25) is 4.98 Å². The molecular weight excluding hydrogens is 192 g/mol. The summed E-state index contributed by atoms with van der Waals surface area (Å²) < 4.78 is 5.08. The molecule has 2 aromatic heterocycles. The van der Waals surface area contributed by atoms with Gasteiger partial charge in [-0.2, -0.15) is 4.98 Å². The maximum atomic E-state index is 5.08. The molecular formula is C10H12N4O. The van der Waals surface area contributed by atoms with Crippen molar-refractivity contribution in [1.82, 2.24) is 20.4 Å². The summed E-state index contributed by atoms with van der Waals surface area (Å²) >= 11 is 0. The first-order chi connectivity index (χ1) is 7.40. The van der Waals surface area contributed by atoms with Crippen molar-refractivity contribution in [2.45, 2.75) is 6.42 Å². The summed E-state index contributed by atoms with van der Waals surface area (Å²) in [5.41, 5.74) is 0.733. The number of pyridine rings is 1. The number of aromatic nitrogens is 3. The summed E-state index contributed by atoms with van der Waals surface area (Å²) in [5, 5.41) is 6.88. The van der Waals surface area contributed by atoms with Crippen LogP contribution in [0.5, 0.6) is 0 Å². The van der Waals surface area contributed by atoms with Gasteiger partial charge in [-0.05, 0) is 19.2 Å². The zero-order valence-electron chi connectivity index (χ0n) is 8.47. The van der Waals surface area contributed by atoms with Gasteiger partial charge in [0.1, 0.15) is 5.69 Å². The number of hydrogen-bond donors (Lipinski definition) is 1. The Kier molecular flexibility index (Phi) is 3.04. The fraction of sp³-hybridized carbons (Fsp3) is 0.300. The minimum absolute atomic E-state index is 0.543. The quantitative estimate of drug-likeness (QED) is 0.801. The van der Waals surface area contributed by atoms with Gasteiger partial charge in [-0.15, -0.1) is 0 Å². The van der Waals surface area contributed by atoms with Gasteiger partial charge in [0.25, 0.3) is 0 Å². The molecule has 0 saturated carbocycles. The molecule has 0 aliphatic carbocycles. The highest BCUT2D eigenvalue weighted by molar-refractivity contribution is 5.46. The van der Waals surface area contributed by atoms with E-state index in [0.717, 1.165) is 18.7 Å². The summed E-state index contributed by atoms with van der Waals surface area (Å²) in [6.45, 7) is 0.823. The van der Waals surface area contributed by atoms with Crippen molar-refractivity contribution in [2.24, 2.45) is 0 Å². The second kappa shape index (κ2) is 4.65. The molecule has 0 unspecified atom stereocenters. The first-order valence-corrected chi connectivity index (χ1v) is 4.79. The molecule has 0 saturated heterocycles. The molecule has 0 bridgehead atoms. The monoisotopic (exact) mass is 204 g/mol. The minimum Gasteiger partial charge on any atom is -0.339 e. The Hall–Kier alpha value is -1.75. The van der Waals surface area contributed by atoms with E-state index in [2.05, 4.69) is 20.4 Å². The molecule has 0 aliphatic rings. The van der Waals surface area contributed by atoms with E-state index in [4.69, 9.17) is 4.52 Å². The topological polar surface area (TPSA) is 63.8 Å². The molecule has 0 atom stereocenters. The standard InChI is InChI=1S/C10H12N4O/c1-11-7-5-9-13-10(14-15-9)8-4-2-3-6-12-8/h2-4,6,11H,5,7H2,1H3. The van der Waals surface area contributed by atoms with E-state index in [1.807, 2.05) is 25.2 Å². The Morgan fingerprint density at radius 1 is 1.40 bits per heavy atom. The predicted molar refractivity (Wildman–Crippen MR) is 55.2 cm³/mol. The van der Waals surface area contributed by atoms with Crippen molar-refractivity contribution in [3.63, 3.8) is 0 Å². The Labute approximate surface area is 87.5 Å². The van der Waals surface area contributed by atoms with Crippen LogP contribution >= 0.6 is 0 Å². The number of hydrogen-bond acceptors (Lipinski definition) is 5. The van der Waals surface area contributed by atoms with E-state index in [1.54, 1.807) is 6.20 Å². The summed E-state index contributed by atoms with van der Waals surface area (Å²) in [5.74, 6) is 1.17. The maximum absolute atomic E-state index is 5.08. The van der Waals surface area contributed by atoms with E-state index >= 15 is 0 Å². The second-order valence-corrected chi connectivity index (χ2v) is 3.08. The molecule has 0 aromatic carbocycles. The smallest absolute Gasteiger partial charge is 0.228 e. The molecule has 2 aromatic rings. The van der Waals surface area contributed by atoms with Crippen LogP contribution in [-0.2, 0) is 6.42 Å². The van der Waals surface area contributed by atoms with E-state index in [0.29, 0.717) is 11.7 Å². The van der Waals surface area contributed by atoms with Gasteiger partial charge in [-0.1, -0.05) is 11.2 Å². The second-order valence-electron chi connectivity index (χ2n) is 3.08. The molecule has 0 radical (unpaired) electrons. The van der Waals surface area contributed by atoms with E-state index in [9.17, 15) is 0 Å². The van der Waals surface area contributed by atoms with Crippen LogP contribution in [0.3, 0.4) is 0 Å². The van der Waals surface area contributed by atoms with Crippen LogP contribution in [0.4, 0.5) is 0 Å². The van der Waals surface area contributed by atoms with E-state index in [-0.39, 0.29) is 0 Å². The SMILES string of the molecule is CNCCc1nc(-c2ccccn2)no1. The Morgan fingerprint density at radius 3 is 3.07 bits per heavy atom. The lowest BCUT2D eigenvalue weighted by atomic mass is 10.3. The van der Waals surface area contributed by atoms with Crippen molar-refractivity contribution in [1.29, 1.82) is 0 Å². The van der Waals surface area contributed by atoms with Crippen LogP contribution in [0.1, 0.15) is 5.89 Å². The Morgan fingerprint density at radius 2 is 2.33 bits per heavy atom. The molecule has 0 fully saturated rings. The number of nitrogens with one attached hydrogen (secondary N) is 1. The maximum Gasteiger partial charge on any atom is 0.228 e. The highest BCUT2D eigenvalue weighted by atomic mass is 16.5. The number of rotatable bonds is 4. The predicted octanol–water partition coefficient (Wildman–Crippen LogP) is 0.893. The third-order valence-electron chi connectivity index (χ3n) is 1.95. The number of likely N-dealkylation sites (N-methyl/N-ethyl adjacent to an activating group) is 1. The zero-order valence-corrected chi connectivity index (χ0v) is 8.47. The average Bonchev–Trinajstić information content (AvgIpc) is 2.76. The zero-order chi connectivity index (χ0) is 10.5. The summed E-state index contributed by atoms with van der Waals surface area (Å²) in [7, 11) is 1.88. The van der Waals surface area contributed by atoms with Crippen LogP contribution in [0, 0.1) is 0 Å². The van der Waals surface area contributed by atoms with Crippen molar-refractivity contribution < 1.29 is 4.52 Å². The molecule has 15 heavy (non-hydrogen) atoms. The lowest BCUT2D eigenvalue weighted by molar-refractivity contribution is 0.377. The molecule has 0 aliphatic heterocycles.